The highest BCUT2D eigenvalue weighted by molar-refractivity contribution is 5.92. The molecule has 6 heteroatoms. The average molecular weight is 332 g/mol. The highest BCUT2D eigenvalue weighted by Crippen LogP contribution is 2.28. The number of primary amides is 1. The minimum Gasteiger partial charge on any atom is -0.493 e. The van der Waals surface area contributed by atoms with E-state index in [-0.39, 0.29) is 12.5 Å². The maximum Gasteiger partial charge on any atom is 0.255 e. The van der Waals surface area contributed by atoms with Crippen LogP contribution in [0.4, 0.5) is 0 Å². The first-order valence-electron chi connectivity index (χ1n) is 8.05. The largest absolute Gasteiger partial charge is 0.493 e. The normalized spacial score (nSPS) is 17.8. The van der Waals surface area contributed by atoms with Crippen LogP contribution in [-0.2, 0) is 9.59 Å². The Hall–Kier alpha value is -2.50. The Kier molecular flexibility index (Phi) is 6.23. The molecule has 1 unspecified atom stereocenters. The van der Waals surface area contributed by atoms with Crippen LogP contribution >= 0.6 is 0 Å². The monoisotopic (exact) mass is 332 g/mol. The summed E-state index contributed by atoms with van der Waals surface area (Å²) in [5.41, 5.74) is 5.88. The molecule has 0 saturated carbocycles. The zero-order valence-electron chi connectivity index (χ0n) is 14.2. The van der Waals surface area contributed by atoms with Crippen LogP contribution in [0.15, 0.2) is 24.3 Å². The molecule has 24 heavy (non-hydrogen) atoms. The number of likely N-dealkylation sites (tertiary alicyclic amines) is 1. The van der Waals surface area contributed by atoms with Crippen molar-refractivity contribution in [2.75, 3.05) is 26.8 Å². The van der Waals surface area contributed by atoms with Gasteiger partial charge in [0.05, 0.1) is 7.11 Å². The van der Waals surface area contributed by atoms with Crippen molar-refractivity contribution in [1.29, 1.82) is 0 Å². The van der Waals surface area contributed by atoms with Gasteiger partial charge in [-0.3, -0.25) is 9.59 Å². The molecule has 1 fully saturated rings. The molecule has 1 aromatic rings. The summed E-state index contributed by atoms with van der Waals surface area (Å²) in [4.78, 5) is 24.9. The molecule has 0 aliphatic carbocycles. The summed E-state index contributed by atoms with van der Waals surface area (Å²) < 4.78 is 10.5. The molecule has 130 valence electrons. The fourth-order valence-electron chi connectivity index (χ4n) is 2.72. The first kappa shape index (κ1) is 17.8. The van der Waals surface area contributed by atoms with Crippen LogP contribution in [0.1, 0.15) is 25.3 Å². The van der Waals surface area contributed by atoms with Crippen molar-refractivity contribution >= 4 is 17.9 Å². The number of hydrogen-bond donors (Lipinski definition) is 1. The SMILES string of the molecule is COc1cc(/C=C/C(=O)N2CCCC(C)C2)ccc1OCC(N)=O. The predicted octanol–water partition coefficient (Wildman–Crippen LogP) is 1.83. The molecule has 1 atom stereocenters. The number of benzene rings is 1. The fraction of sp³-hybridized carbons (Fsp3) is 0.444. The quantitative estimate of drug-likeness (QED) is 0.806. The first-order valence-corrected chi connectivity index (χ1v) is 8.05. The second-order valence-corrected chi connectivity index (χ2v) is 6.03. The Balaban J connectivity index is 2.03. The Morgan fingerprint density at radius 2 is 2.17 bits per heavy atom. The van der Waals surface area contributed by atoms with Crippen LogP contribution in [0.2, 0.25) is 0 Å². The number of methoxy groups -OCH3 is 1. The van der Waals surface area contributed by atoms with E-state index in [1.807, 2.05) is 4.90 Å². The highest BCUT2D eigenvalue weighted by Gasteiger charge is 2.19. The molecule has 2 rings (SSSR count). The maximum atomic E-state index is 12.2. The van der Waals surface area contributed by atoms with Crippen molar-refractivity contribution in [2.24, 2.45) is 11.7 Å². The molecule has 0 radical (unpaired) electrons. The second kappa shape index (κ2) is 8.38. The number of carbonyl (C=O) groups excluding carboxylic acids is 2. The van der Waals surface area contributed by atoms with Crippen LogP contribution in [0, 0.1) is 5.92 Å². The molecule has 0 spiro atoms. The molecule has 1 aromatic carbocycles. The number of nitrogens with zero attached hydrogens (tertiary/aromatic N) is 1. The standard InChI is InChI=1S/C18H24N2O4/c1-13-4-3-9-20(11-13)18(22)8-6-14-5-7-15(16(10-14)23-2)24-12-17(19)21/h5-8,10,13H,3-4,9,11-12H2,1-2H3,(H2,19,21)/b8-6+. The summed E-state index contributed by atoms with van der Waals surface area (Å²) >= 11 is 0. The van der Waals surface area contributed by atoms with E-state index < -0.39 is 5.91 Å². The van der Waals surface area contributed by atoms with Crippen molar-refractivity contribution in [3.8, 4) is 11.5 Å². The van der Waals surface area contributed by atoms with Gasteiger partial charge in [-0.2, -0.15) is 0 Å². The summed E-state index contributed by atoms with van der Waals surface area (Å²) in [7, 11) is 1.51. The number of piperidine rings is 1. The fourth-order valence-corrected chi connectivity index (χ4v) is 2.72. The third-order valence-corrected chi connectivity index (χ3v) is 3.94. The number of amides is 2. The minimum atomic E-state index is -0.553. The van der Waals surface area contributed by atoms with Gasteiger partial charge in [0.2, 0.25) is 5.91 Å². The summed E-state index contributed by atoms with van der Waals surface area (Å²) in [6.45, 7) is 3.58. The lowest BCUT2D eigenvalue weighted by atomic mass is 10.0. The van der Waals surface area contributed by atoms with E-state index in [0.717, 1.165) is 25.1 Å². The molecule has 0 aromatic heterocycles. The highest BCUT2D eigenvalue weighted by atomic mass is 16.5. The number of hydrogen-bond acceptors (Lipinski definition) is 4. The van der Waals surface area contributed by atoms with E-state index >= 15 is 0 Å². The molecular formula is C18H24N2O4. The lowest BCUT2D eigenvalue weighted by Crippen LogP contribution is -2.38. The summed E-state index contributed by atoms with van der Waals surface area (Å²) in [6.07, 6.45) is 5.57. The van der Waals surface area contributed by atoms with Gasteiger partial charge in [0.1, 0.15) is 0 Å². The van der Waals surface area contributed by atoms with E-state index in [9.17, 15) is 9.59 Å². The molecule has 1 aliphatic rings. The molecule has 1 aliphatic heterocycles. The first-order chi connectivity index (χ1) is 11.5. The van der Waals surface area contributed by atoms with E-state index in [2.05, 4.69) is 6.92 Å². The molecule has 0 bridgehead atoms. The van der Waals surface area contributed by atoms with Crippen molar-refractivity contribution < 1.29 is 19.1 Å². The van der Waals surface area contributed by atoms with Crippen LogP contribution in [0.5, 0.6) is 11.5 Å². The van der Waals surface area contributed by atoms with Crippen LogP contribution in [0.25, 0.3) is 6.08 Å². The second-order valence-electron chi connectivity index (χ2n) is 6.03. The van der Waals surface area contributed by atoms with Gasteiger partial charge in [-0.05, 0) is 42.5 Å². The van der Waals surface area contributed by atoms with Gasteiger partial charge in [-0.15, -0.1) is 0 Å². The van der Waals surface area contributed by atoms with Crippen molar-refractivity contribution in [3.63, 3.8) is 0 Å². The van der Waals surface area contributed by atoms with Crippen LogP contribution < -0.4 is 15.2 Å². The van der Waals surface area contributed by atoms with Gasteiger partial charge in [0.25, 0.3) is 5.91 Å². The third kappa shape index (κ3) is 5.01. The van der Waals surface area contributed by atoms with Gasteiger partial charge in [0, 0.05) is 19.2 Å². The van der Waals surface area contributed by atoms with Crippen molar-refractivity contribution in [2.45, 2.75) is 19.8 Å². The smallest absolute Gasteiger partial charge is 0.255 e. The van der Waals surface area contributed by atoms with Crippen LogP contribution in [0.3, 0.4) is 0 Å². The van der Waals surface area contributed by atoms with Gasteiger partial charge in [-0.1, -0.05) is 13.0 Å². The lowest BCUT2D eigenvalue weighted by molar-refractivity contribution is -0.127. The summed E-state index contributed by atoms with van der Waals surface area (Å²) in [5, 5.41) is 0. The van der Waals surface area contributed by atoms with Crippen molar-refractivity contribution in [1.82, 2.24) is 4.90 Å². The molecule has 2 N–H and O–H groups in total. The van der Waals surface area contributed by atoms with E-state index in [0.29, 0.717) is 17.4 Å². The molecule has 6 nitrogen and oxygen atoms in total. The van der Waals surface area contributed by atoms with Crippen LogP contribution in [-0.4, -0.2) is 43.5 Å². The van der Waals surface area contributed by atoms with Crippen molar-refractivity contribution in [3.05, 3.63) is 29.8 Å². The van der Waals surface area contributed by atoms with Gasteiger partial charge < -0.3 is 20.1 Å². The minimum absolute atomic E-state index is 0.0228. The zero-order valence-corrected chi connectivity index (χ0v) is 14.2. The topological polar surface area (TPSA) is 81.9 Å². The third-order valence-electron chi connectivity index (χ3n) is 3.94. The summed E-state index contributed by atoms with van der Waals surface area (Å²) in [5.74, 6) is 0.942. The average Bonchev–Trinajstić information content (AvgIpc) is 2.58. The Morgan fingerprint density at radius 1 is 1.38 bits per heavy atom. The van der Waals surface area contributed by atoms with Gasteiger partial charge in [-0.25, -0.2) is 0 Å². The number of carbonyl (C=O) groups is 2. The van der Waals surface area contributed by atoms with Gasteiger partial charge >= 0.3 is 0 Å². The van der Waals surface area contributed by atoms with E-state index in [4.69, 9.17) is 15.2 Å². The Bertz CT molecular complexity index is 627. The zero-order chi connectivity index (χ0) is 17.5. The Labute approximate surface area is 142 Å². The summed E-state index contributed by atoms with van der Waals surface area (Å²) in [6, 6.07) is 5.23. The maximum absolute atomic E-state index is 12.2. The number of nitrogens with two attached hydrogens (primary N) is 1. The molecule has 1 saturated heterocycles. The molecule has 2 amide bonds. The van der Waals surface area contributed by atoms with Gasteiger partial charge in [0.15, 0.2) is 18.1 Å². The Morgan fingerprint density at radius 3 is 2.83 bits per heavy atom. The lowest BCUT2D eigenvalue weighted by Gasteiger charge is -2.30. The van der Waals surface area contributed by atoms with E-state index in [1.165, 1.54) is 13.5 Å². The van der Waals surface area contributed by atoms with E-state index in [1.54, 1.807) is 30.4 Å². The number of rotatable bonds is 6. The predicted molar refractivity (Wildman–Crippen MR) is 91.7 cm³/mol. The molecule has 1 heterocycles. The number of ether oxygens (including phenoxy) is 2. The molecular weight excluding hydrogens is 308 g/mol.